The molecule has 1 heterocycles. The minimum absolute atomic E-state index is 0.0202. The van der Waals surface area contributed by atoms with Gasteiger partial charge < -0.3 is 9.84 Å². The SMILES string of the molecule is NS(=O)(=O)c1ccccc1C1OC=NC1(CCCC(=O)O)c1ccccc1. The van der Waals surface area contributed by atoms with E-state index in [9.17, 15) is 13.2 Å². The number of aliphatic imine (C=N–C) groups is 1. The Balaban J connectivity index is 2.10. The highest BCUT2D eigenvalue weighted by molar-refractivity contribution is 7.89. The number of carboxylic acids is 1. The van der Waals surface area contributed by atoms with Gasteiger partial charge in [0.2, 0.25) is 10.0 Å². The Kier molecular flexibility index (Phi) is 5.29. The molecule has 0 spiro atoms. The fourth-order valence-electron chi connectivity index (χ4n) is 3.45. The zero-order valence-corrected chi connectivity index (χ0v) is 15.3. The molecule has 0 fully saturated rings. The second-order valence-corrected chi connectivity index (χ2v) is 7.90. The predicted octanol–water partition coefficient (Wildman–Crippen LogP) is 2.58. The van der Waals surface area contributed by atoms with E-state index in [-0.39, 0.29) is 11.3 Å². The Morgan fingerprint density at radius 1 is 1.15 bits per heavy atom. The Morgan fingerprint density at radius 3 is 2.48 bits per heavy atom. The van der Waals surface area contributed by atoms with Crippen molar-refractivity contribution in [2.75, 3.05) is 0 Å². The van der Waals surface area contributed by atoms with Crippen LogP contribution in [0.15, 0.2) is 64.5 Å². The number of primary sulfonamides is 1. The number of nitrogens with two attached hydrogens (primary N) is 1. The highest BCUT2D eigenvalue weighted by Gasteiger charge is 2.46. The number of hydrogen-bond donors (Lipinski definition) is 2. The molecule has 0 bridgehead atoms. The van der Waals surface area contributed by atoms with Gasteiger partial charge in [0.05, 0.1) is 4.90 Å². The molecule has 2 aromatic rings. The molecule has 0 saturated heterocycles. The summed E-state index contributed by atoms with van der Waals surface area (Å²) >= 11 is 0. The van der Waals surface area contributed by atoms with E-state index in [0.29, 0.717) is 18.4 Å². The Hall–Kier alpha value is -2.71. The van der Waals surface area contributed by atoms with Gasteiger partial charge in [-0.15, -0.1) is 0 Å². The number of aliphatic carboxylic acids is 1. The minimum atomic E-state index is -3.97. The standard InChI is InChI=1S/C19H20N2O5S/c20-27(24,25)16-10-5-4-9-15(16)18-19(21-13-26-18,12-6-11-17(22)23)14-7-2-1-3-8-14/h1-5,7-10,13,18H,6,11-12H2,(H,22,23)(H2,20,24,25). The van der Waals surface area contributed by atoms with Crippen LogP contribution in [0, 0.1) is 0 Å². The van der Waals surface area contributed by atoms with E-state index in [0.717, 1.165) is 5.56 Å². The van der Waals surface area contributed by atoms with Gasteiger partial charge in [-0.3, -0.25) is 4.79 Å². The first-order valence-electron chi connectivity index (χ1n) is 8.43. The Bertz CT molecular complexity index is 959. The number of nitrogens with zero attached hydrogens (tertiary/aromatic N) is 1. The molecule has 3 rings (SSSR count). The smallest absolute Gasteiger partial charge is 0.303 e. The number of carboxylic acid groups (broad SMARTS) is 1. The largest absolute Gasteiger partial charge is 0.481 e. The molecule has 2 unspecified atom stereocenters. The maximum Gasteiger partial charge on any atom is 0.303 e. The van der Waals surface area contributed by atoms with Crippen molar-refractivity contribution < 1.29 is 23.1 Å². The summed E-state index contributed by atoms with van der Waals surface area (Å²) in [7, 11) is -3.97. The highest BCUT2D eigenvalue weighted by Crippen LogP contribution is 2.48. The monoisotopic (exact) mass is 388 g/mol. The van der Waals surface area contributed by atoms with Gasteiger partial charge in [-0.05, 0) is 24.5 Å². The van der Waals surface area contributed by atoms with Crippen LogP contribution in [-0.4, -0.2) is 25.9 Å². The van der Waals surface area contributed by atoms with Crippen LogP contribution in [0.4, 0.5) is 0 Å². The molecule has 0 saturated carbocycles. The summed E-state index contributed by atoms with van der Waals surface area (Å²) in [5.74, 6) is -0.900. The lowest BCUT2D eigenvalue weighted by Gasteiger charge is -2.33. The van der Waals surface area contributed by atoms with Crippen molar-refractivity contribution in [1.29, 1.82) is 0 Å². The van der Waals surface area contributed by atoms with Crippen molar-refractivity contribution in [3.63, 3.8) is 0 Å². The summed E-state index contributed by atoms with van der Waals surface area (Å²) in [4.78, 5) is 15.5. The number of ether oxygens (including phenoxy) is 1. The Morgan fingerprint density at radius 2 is 1.81 bits per heavy atom. The molecular formula is C19H20N2O5S. The second-order valence-electron chi connectivity index (χ2n) is 6.37. The molecule has 1 aliphatic heterocycles. The fraction of sp³-hybridized carbons (Fsp3) is 0.263. The first kappa shape index (κ1) is 19.1. The molecule has 0 amide bonds. The van der Waals surface area contributed by atoms with Gasteiger partial charge in [0.1, 0.15) is 5.54 Å². The van der Waals surface area contributed by atoms with Crippen LogP contribution >= 0.6 is 0 Å². The molecule has 2 aromatic carbocycles. The minimum Gasteiger partial charge on any atom is -0.481 e. The summed E-state index contributed by atoms with van der Waals surface area (Å²) in [5.41, 5.74) is 0.285. The van der Waals surface area contributed by atoms with E-state index in [1.807, 2.05) is 30.3 Å². The maximum atomic E-state index is 12.1. The molecule has 3 N–H and O–H groups in total. The average Bonchev–Trinajstić information content (AvgIpc) is 3.06. The number of benzene rings is 2. The van der Waals surface area contributed by atoms with Crippen molar-refractivity contribution in [2.24, 2.45) is 10.1 Å². The maximum absolute atomic E-state index is 12.1. The summed E-state index contributed by atoms with van der Waals surface area (Å²) in [5, 5.41) is 14.4. The van der Waals surface area contributed by atoms with Gasteiger partial charge in [-0.2, -0.15) is 0 Å². The molecule has 7 nitrogen and oxygen atoms in total. The zero-order chi connectivity index (χ0) is 19.5. The van der Waals surface area contributed by atoms with Crippen molar-refractivity contribution >= 4 is 22.4 Å². The van der Waals surface area contributed by atoms with E-state index in [2.05, 4.69) is 4.99 Å². The number of hydrogen-bond acceptors (Lipinski definition) is 5. The molecule has 0 radical (unpaired) electrons. The van der Waals surface area contributed by atoms with Gasteiger partial charge in [-0.25, -0.2) is 18.5 Å². The lowest BCUT2D eigenvalue weighted by molar-refractivity contribution is -0.137. The van der Waals surface area contributed by atoms with Crippen LogP contribution in [0.1, 0.15) is 36.5 Å². The lowest BCUT2D eigenvalue weighted by Crippen LogP contribution is -2.31. The van der Waals surface area contributed by atoms with Gasteiger partial charge >= 0.3 is 5.97 Å². The molecule has 2 atom stereocenters. The van der Waals surface area contributed by atoms with Gasteiger partial charge in [0, 0.05) is 12.0 Å². The summed E-state index contributed by atoms with van der Waals surface area (Å²) in [6.07, 6.45) is 1.29. The van der Waals surface area contributed by atoms with E-state index in [4.69, 9.17) is 15.0 Å². The van der Waals surface area contributed by atoms with E-state index >= 15 is 0 Å². The summed E-state index contributed by atoms with van der Waals surface area (Å²) < 4.78 is 29.9. The highest BCUT2D eigenvalue weighted by atomic mass is 32.2. The van der Waals surface area contributed by atoms with E-state index in [1.165, 1.54) is 12.5 Å². The van der Waals surface area contributed by atoms with Gasteiger partial charge in [-0.1, -0.05) is 48.5 Å². The topological polar surface area (TPSA) is 119 Å². The van der Waals surface area contributed by atoms with Crippen molar-refractivity contribution in [3.05, 3.63) is 65.7 Å². The second kappa shape index (κ2) is 7.50. The zero-order valence-electron chi connectivity index (χ0n) is 14.5. The number of sulfonamides is 1. The molecule has 8 heteroatoms. The first-order valence-corrected chi connectivity index (χ1v) is 9.97. The third-order valence-electron chi connectivity index (χ3n) is 4.64. The molecule has 0 aromatic heterocycles. The third-order valence-corrected chi connectivity index (χ3v) is 5.63. The summed E-state index contributed by atoms with van der Waals surface area (Å²) in [6, 6.07) is 15.7. The van der Waals surface area contributed by atoms with Crippen LogP contribution in [0.2, 0.25) is 0 Å². The normalized spacial score (nSPS) is 21.7. The predicted molar refractivity (Wildman–Crippen MR) is 99.7 cm³/mol. The van der Waals surface area contributed by atoms with Crippen molar-refractivity contribution in [3.8, 4) is 0 Å². The van der Waals surface area contributed by atoms with Crippen molar-refractivity contribution in [2.45, 2.75) is 35.8 Å². The fourth-order valence-corrected chi connectivity index (χ4v) is 4.23. The Labute approximate surface area is 157 Å². The van der Waals surface area contributed by atoms with E-state index < -0.39 is 27.6 Å². The van der Waals surface area contributed by atoms with Crippen LogP contribution in [0.3, 0.4) is 0 Å². The van der Waals surface area contributed by atoms with Crippen LogP contribution in [0.25, 0.3) is 0 Å². The molecule has 142 valence electrons. The molecular weight excluding hydrogens is 368 g/mol. The van der Waals surface area contributed by atoms with Crippen LogP contribution in [0.5, 0.6) is 0 Å². The van der Waals surface area contributed by atoms with Gasteiger partial charge in [0.15, 0.2) is 12.5 Å². The van der Waals surface area contributed by atoms with E-state index in [1.54, 1.807) is 18.2 Å². The first-order chi connectivity index (χ1) is 12.8. The summed E-state index contributed by atoms with van der Waals surface area (Å²) in [6.45, 7) is 0. The molecule has 1 aliphatic rings. The molecule has 0 aliphatic carbocycles. The molecule has 27 heavy (non-hydrogen) atoms. The van der Waals surface area contributed by atoms with Crippen LogP contribution < -0.4 is 5.14 Å². The quantitative estimate of drug-likeness (QED) is 0.755. The number of carbonyl (C=O) groups is 1. The lowest BCUT2D eigenvalue weighted by atomic mass is 9.78. The van der Waals surface area contributed by atoms with Gasteiger partial charge in [0.25, 0.3) is 0 Å². The van der Waals surface area contributed by atoms with Crippen molar-refractivity contribution in [1.82, 2.24) is 0 Å². The number of rotatable bonds is 7. The third kappa shape index (κ3) is 3.86. The van der Waals surface area contributed by atoms with Crippen LogP contribution in [-0.2, 0) is 25.1 Å². The average molecular weight is 388 g/mol.